The zero-order valence-electron chi connectivity index (χ0n) is 14.6. The summed E-state index contributed by atoms with van der Waals surface area (Å²) < 4.78 is 0. The molecule has 23 heavy (non-hydrogen) atoms. The Balaban J connectivity index is 1.81. The Morgan fingerprint density at radius 2 is 2.09 bits per heavy atom. The van der Waals surface area contributed by atoms with Gasteiger partial charge in [-0.2, -0.15) is 0 Å². The standard InChI is InChI=1S/C21H30O2/c1-15-16(5-3-7-20(15)23)8-9-17-6-4-13-21(2)18(12-14-22)10-11-19(17)21/h6,18-20,22-23H,3-5,7,10-14H2,1-2H3. The Labute approximate surface area is 140 Å². The van der Waals surface area contributed by atoms with Gasteiger partial charge in [-0.1, -0.05) is 24.8 Å². The number of aliphatic hydroxyl groups is 2. The maximum Gasteiger partial charge on any atom is 0.0759 e. The van der Waals surface area contributed by atoms with Crippen molar-refractivity contribution in [2.75, 3.05) is 6.61 Å². The van der Waals surface area contributed by atoms with E-state index in [1.54, 1.807) is 0 Å². The van der Waals surface area contributed by atoms with Crippen LogP contribution in [0.2, 0.25) is 0 Å². The third-order valence-corrected chi connectivity index (χ3v) is 6.67. The van der Waals surface area contributed by atoms with Crippen molar-refractivity contribution in [1.82, 2.24) is 0 Å². The molecule has 0 aromatic rings. The molecule has 0 saturated heterocycles. The van der Waals surface area contributed by atoms with Crippen LogP contribution in [0.1, 0.15) is 65.2 Å². The minimum absolute atomic E-state index is 0.293. The first-order chi connectivity index (χ1) is 11.1. The second kappa shape index (κ2) is 6.83. The van der Waals surface area contributed by atoms with Crippen molar-refractivity contribution < 1.29 is 10.2 Å². The molecule has 0 amide bonds. The van der Waals surface area contributed by atoms with Crippen molar-refractivity contribution in [3.05, 3.63) is 22.8 Å². The molecule has 4 atom stereocenters. The summed E-state index contributed by atoms with van der Waals surface area (Å²) in [7, 11) is 0. The summed E-state index contributed by atoms with van der Waals surface area (Å²) in [5.41, 5.74) is 3.87. The molecule has 4 unspecified atom stereocenters. The molecule has 1 fully saturated rings. The van der Waals surface area contributed by atoms with Gasteiger partial charge in [-0.05, 0) is 81.1 Å². The van der Waals surface area contributed by atoms with Crippen LogP contribution in [0.4, 0.5) is 0 Å². The highest BCUT2D eigenvalue weighted by Gasteiger charge is 2.48. The van der Waals surface area contributed by atoms with Gasteiger partial charge in [-0.3, -0.25) is 0 Å². The summed E-state index contributed by atoms with van der Waals surface area (Å²) >= 11 is 0. The number of hydrogen-bond acceptors (Lipinski definition) is 2. The lowest BCUT2D eigenvalue weighted by atomic mass is 9.64. The largest absolute Gasteiger partial charge is 0.396 e. The maximum absolute atomic E-state index is 10.0. The second-order valence-electron chi connectivity index (χ2n) is 7.86. The van der Waals surface area contributed by atoms with E-state index in [4.69, 9.17) is 0 Å². The van der Waals surface area contributed by atoms with E-state index in [1.807, 2.05) is 6.92 Å². The van der Waals surface area contributed by atoms with Gasteiger partial charge in [-0.25, -0.2) is 0 Å². The van der Waals surface area contributed by atoms with Crippen LogP contribution < -0.4 is 0 Å². The molecule has 2 heteroatoms. The van der Waals surface area contributed by atoms with Crippen LogP contribution in [0, 0.1) is 29.1 Å². The van der Waals surface area contributed by atoms with Crippen molar-refractivity contribution in [3.8, 4) is 11.8 Å². The topological polar surface area (TPSA) is 40.5 Å². The first-order valence-corrected chi connectivity index (χ1v) is 9.27. The van der Waals surface area contributed by atoms with Crippen molar-refractivity contribution in [1.29, 1.82) is 0 Å². The molecule has 3 aliphatic rings. The van der Waals surface area contributed by atoms with Crippen LogP contribution in [0.25, 0.3) is 0 Å². The lowest BCUT2D eigenvalue weighted by molar-refractivity contribution is 0.127. The third kappa shape index (κ3) is 3.14. The van der Waals surface area contributed by atoms with E-state index < -0.39 is 0 Å². The average molecular weight is 314 g/mol. The molecule has 3 rings (SSSR count). The Morgan fingerprint density at radius 1 is 1.26 bits per heavy atom. The summed E-state index contributed by atoms with van der Waals surface area (Å²) in [5.74, 6) is 8.09. The first kappa shape index (κ1) is 16.8. The first-order valence-electron chi connectivity index (χ1n) is 9.27. The number of fused-ring (bicyclic) bond motifs is 1. The van der Waals surface area contributed by atoms with E-state index in [-0.39, 0.29) is 6.10 Å². The zero-order valence-corrected chi connectivity index (χ0v) is 14.6. The number of rotatable bonds is 2. The van der Waals surface area contributed by atoms with Crippen molar-refractivity contribution in [2.45, 2.75) is 71.3 Å². The van der Waals surface area contributed by atoms with Crippen molar-refractivity contribution >= 4 is 0 Å². The van der Waals surface area contributed by atoms with E-state index in [1.165, 1.54) is 24.8 Å². The second-order valence-corrected chi connectivity index (χ2v) is 7.86. The molecule has 0 heterocycles. The average Bonchev–Trinajstić information content (AvgIpc) is 2.86. The van der Waals surface area contributed by atoms with Gasteiger partial charge >= 0.3 is 0 Å². The lowest BCUT2D eigenvalue weighted by Gasteiger charge is -2.40. The molecule has 0 spiro atoms. The molecular formula is C21H30O2. The van der Waals surface area contributed by atoms with Gasteiger partial charge < -0.3 is 10.2 Å². The normalized spacial score (nSPS) is 37.0. The molecule has 0 radical (unpaired) electrons. The van der Waals surface area contributed by atoms with E-state index in [9.17, 15) is 10.2 Å². The van der Waals surface area contributed by atoms with Crippen LogP contribution in [-0.2, 0) is 0 Å². The molecule has 0 aromatic heterocycles. The Hall–Kier alpha value is -1.04. The van der Waals surface area contributed by atoms with Crippen LogP contribution >= 0.6 is 0 Å². The Morgan fingerprint density at radius 3 is 2.87 bits per heavy atom. The molecule has 0 aromatic carbocycles. The fourth-order valence-electron chi connectivity index (χ4n) is 5.05. The van der Waals surface area contributed by atoms with Crippen LogP contribution in [0.3, 0.4) is 0 Å². The maximum atomic E-state index is 10.0. The third-order valence-electron chi connectivity index (χ3n) is 6.67. The molecule has 126 valence electrons. The quantitative estimate of drug-likeness (QED) is 0.757. The smallest absolute Gasteiger partial charge is 0.0759 e. The highest BCUT2D eigenvalue weighted by molar-refractivity contribution is 5.44. The van der Waals surface area contributed by atoms with Gasteiger partial charge in [0.25, 0.3) is 0 Å². The Bertz CT molecular complexity index is 574. The number of allylic oxidation sites excluding steroid dienone is 3. The molecule has 0 aliphatic heterocycles. The fourth-order valence-corrected chi connectivity index (χ4v) is 5.05. The monoisotopic (exact) mass is 314 g/mol. The van der Waals surface area contributed by atoms with E-state index in [0.29, 0.717) is 23.9 Å². The highest BCUT2D eigenvalue weighted by Crippen LogP contribution is 2.56. The van der Waals surface area contributed by atoms with Gasteiger partial charge in [-0.15, -0.1) is 0 Å². The Kier molecular flexibility index (Phi) is 4.99. The summed E-state index contributed by atoms with van der Waals surface area (Å²) in [6.45, 7) is 4.75. The van der Waals surface area contributed by atoms with Crippen LogP contribution in [0.15, 0.2) is 22.8 Å². The molecule has 1 saturated carbocycles. The van der Waals surface area contributed by atoms with Crippen LogP contribution in [0.5, 0.6) is 0 Å². The van der Waals surface area contributed by atoms with Crippen molar-refractivity contribution in [3.63, 3.8) is 0 Å². The molecule has 2 N–H and O–H groups in total. The molecule has 0 bridgehead atoms. The summed E-state index contributed by atoms with van der Waals surface area (Å²) in [6, 6.07) is 0. The lowest BCUT2D eigenvalue weighted by Crippen LogP contribution is -2.32. The zero-order chi connectivity index (χ0) is 16.4. The van der Waals surface area contributed by atoms with E-state index >= 15 is 0 Å². The fraction of sp³-hybridized carbons (Fsp3) is 0.714. The highest BCUT2D eigenvalue weighted by atomic mass is 16.3. The van der Waals surface area contributed by atoms with Gasteiger partial charge in [0.1, 0.15) is 0 Å². The van der Waals surface area contributed by atoms with Gasteiger partial charge in [0.05, 0.1) is 6.10 Å². The summed E-state index contributed by atoms with van der Waals surface area (Å²) in [4.78, 5) is 0. The number of hydrogen-bond donors (Lipinski definition) is 2. The van der Waals surface area contributed by atoms with Gasteiger partial charge in [0.2, 0.25) is 0 Å². The summed E-state index contributed by atoms with van der Waals surface area (Å²) in [6.07, 6.45) is 10.7. The van der Waals surface area contributed by atoms with E-state index in [2.05, 4.69) is 24.8 Å². The summed E-state index contributed by atoms with van der Waals surface area (Å²) in [5, 5.41) is 19.4. The molecule has 3 aliphatic carbocycles. The van der Waals surface area contributed by atoms with Gasteiger partial charge in [0.15, 0.2) is 0 Å². The molecule has 2 nitrogen and oxygen atoms in total. The van der Waals surface area contributed by atoms with Crippen LogP contribution in [-0.4, -0.2) is 22.9 Å². The minimum Gasteiger partial charge on any atom is -0.396 e. The number of aliphatic hydroxyl groups excluding tert-OH is 2. The predicted molar refractivity (Wildman–Crippen MR) is 93.7 cm³/mol. The van der Waals surface area contributed by atoms with E-state index in [0.717, 1.165) is 43.3 Å². The van der Waals surface area contributed by atoms with Crippen molar-refractivity contribution in [2.24, 2.45) is 17.3 Å². The van der Waals surface area contributed by atoms with Gasteiger partial charge in [0, 0.05) is 17.8 Å². The SMILES string of the molecule is CC1=C(C#CC2=CCCC3(C)C(CCO)CCC23)CCCC1O. The predicted octanol–water partition coefficient (Wildman–Crippen LogP) is 3.99. The minimum atomic E-state index is -0.293. The molecular weight excluding hydrogens is 284 g/mol.